The van der Waals surface area contributed by atoms with Crippen molar-refractivity contribution in [2.75, 3.05) is 18.4 Å². The molecule has 2 aliphatic heterocycles. The van der Waals surface area contributed by atoms with Gasteiger partial charge in [-0.15, -0.1) is 0 Å². The number of halogens is 1. The Balaban J connectivity index is 1.80. The summed E-state index contributed by atoms with van der Waals surface area (Å²) in [5, 5.41) is 12.4. The molecule has 24 heavy (non-hydrogen) atoms. The van der Waals surface area contributed by atoms with Gasteiger partial charge in [-0.25, -0.2) is 14.3 Å². The lowest BCUT2D eigenvalue weighted by atomic mass is 9.83. The number of pyridine rings is 1. The summed E-state index contributed by atoms with van der Waals surface area (Å²) in [6.07, 6.45) is 3.48. The van der Waals surface area contributed by atoms with E-state index >= 15 is 0 Å². The normalized spacial score (nSPS) is 24.9. The number of fused-ring (bicyclic) bond motifs is 1. The summed E-state index contributed by atoms with van der Waals surface area (Å²) < 4.78 is 19.3. The number of carbonyl (C=O) groups is 1. The van der Waals surface area contributed by atoms with Crippen molar-refractivity contribution in [1.82, 2.24) is 9.88 Å². The number of nitriles is 1. The number of carbonyl (C=O) groups excluding carboxylic acids is 1. The lowest BCUT2D eigenvalue weighted by molar-refractivity contribution is -0.138. The summed E-state index contributed by atoms with van der Waals surface area (Å²) in [6, 6.07) is 9.49. The molecule has 120 valence electrons. The van der Waals surface area contributed by atoms with Gasteiger partial charge in [-0.3, -0.25) is 4.79 Å². The molecular formula is C17H13FN4O2. The number of anilines is 1. The highest BCUT2D eigenvalue weighted by molar-refractivity contribution is 5.92. The van der Waals surface area contributed by atoms with Crippen LogP contribution in [-0.2, 0) is 4.79 Å². The van der Waals surface area contributed by atoms with E-state index in [1.165, 1.54) is 12.1 Å². The molecule has 1 spiro atoms. The number of nitrogens with one attached hydrogen (secondary N) is 1. The molecule has 1 unspecified atom stereocenters. The molecule has 1 N–H and O–H groups in total. The fraction of sp³-hybridized carbons (Fsp3) is 0.235. The van der Waals surface area contributed by atoms with Crippen LogP contribution < -0.4 is 10.1 Å². The van der Waals surface area contributed by atoms with Gasteiger partial charge in [0.15, 0.2) is 6.19 Å². The Labute approximate surface area is 137 Å². The number of rotatable bonds is 1. The van der Waals surface area contributed by atoms with Gasteiger partial charge >= 0.3 is 0 Å². The first-order valence-corrected chi connectivity index (χ1v) is 7.49. The van der Waals surface area contributed by atoms with Crippen LogP contribution in [0.2, 0.25) is 0 Å². The van der Waals surface area contributed by atoms with E-state index in [0.717, 1.165) is 10.5 Å². The third-order valence-electron chi connectivity index (χ3n) is 4.52. The second-order valence-electron chi connectivity index (χ2n) is 5.82. The minimum Gasteiger partial charge on any atom is -0.457 e. The first kappa shape index (κ1) is 14.5. The predicted molar refractivity (Wildman–Crippen MR) is 82.6 cm³/mol. The van der Waals surface area contributed by atoms with E-state index in [-0.39, 0.29) is 18.9 Å². The van der Waals surface area contributed by atoms with E-state index in [4.69, 9.17) is 4.74 Å². The van der Waals surface area contributed by atoms with E-state index in [0.29, 0.717) is 11.6 Å². The smallest absolute Gasteiger partial charge is 0.282 e. The van der Waals surface area contributed by atoms with Gasteiger partial charge in [0.2, 0.25) is 11.5 Å². The number of likely N-dealkylation sites (tertiary alicyclic amines) is 1. The predicted octanol–water partition coefficient (Wildman–Crippen LogP) is 1.87. The molecule has 0 bridgehead atoms. The summed E-state index contributed by atoms with van der Waals surface area (Å²) in [4.78, 5) is 18.1. The highest BCUT2D eigenvalue weighted by Crippen LogP contribution is 2.44. The average Bonchev–Trinajstić information content (AvgIpc) is 2.88. The second-order valence-corrected chi connectivity index (χ2v) is 5.82. The molecule has 7 heteroatoms. The number of hydrogen-bond donors (Lipinski definition) is 1. The summed E-state index contributed by atoms with van der Waals surface area (Å²) in [6.45, 7) is 0.398. The summed E-state index contributed by atoms with van der Waals surface area (Å²) in [7, 11) is 0. The van der Waals surface area contributed by atoms with Gasteiger partial charge in [0.1, 0.15) is 5.82 Å². The zero-order chi connectivity index (χ0) is 16.7. The number of benzene rings is 1. The molecule has 1 aromatic heterocycles. The van der Waals surface area contributed by atoms with Gasteiger partial charge < -0.3 is 10.1 Å². The Morgan fingerprint density at radius 3 is 2.92 bits per heavy atom. The van der Waals surface area contributed by atoms with Gasteiger partial charge in [0.05, 0.1) is 18.2 Å². The second kappa shape index (κ2) is 5.20. The Kier molecular flexibility index (Phi) is 3.13. The third-order valence-corrected chi connectivity index (χ3v) is 4.52. The maximum atomic E-state index is 13.2. The minimum absolute atomic E-state index is 0.185. The highest BCUT2D eigenvalue weighted by atomic mass is 19.1. The van der Waals surface area contributed by atoms with Crippen molar-refractivity contribution >= 4 is 11.6 Å². The van der Waals surface area contributed by atoms with E-state index in [2.05, 4.69) is 10.3 Å². The number of nitrogens with zero attached hydrogens (tertiary/aromatic N) is 3. The molecule has 0 aliphatic carbocycles. The number of ether oxygens (including phenoxy) is 1. The maximum absolute atomic E-state index is 13.2. The number of aromatic nitrogens is 1. The SMILES string of the molecule is N#CN1CC(c2ccc(F)cc2)[C@]2(CNc3cccnc3O2)C1=O. The summed E-state index contributed by atoms with van der Waals surface area (Å²) in [5.41, 5.74) is 0.169. The van der Waals surface area contributed by atoms with Crippen LogP contribution in [0.4, 0.5) is 10.1 Å². The summed E-state index contributed by atoms with van der Waals surface area (Å²) in [5.74, 6) is -0.857. The van der Waals surface area contributed by atoms with Crippen LogP contribution >= 0.6 is 0 Å². The van der Waals surface area contributed by atoms with Crippen molar-refractivity contribution < 1.29 is 13.9 Å². The van der Waals surface area contributed by atoms with Crippen LogP contribution in [0.1, 0.15) is 11.5 Å². The van der Waals surface area contributed by atoms with Crippen LogP contribution in [0.25, 0.3) is 0 Å². The van der Waals surface area contributed by atoms with Crippen LogP contribution in [0.5, 0.6) is 5.88 Å². The first-order valence-electron chi connectivity index (χ1n) is 7.49. The largest absolute Gasteiger partial charge is 0.457 e. The van der Waals surface area contributed by atoms with Gasteiger partial charge in [0, 0.05) is 12.7 Å². The molecule has 4 rings (SSSR count). The van der Waals surface area contributed by atoms with Gasteiger partial charge in [-0.1, -0.05) is 12.1 Å². The van der Waals surface area contributed by atoms with E-state index in [9.17, 15) is 14.4 Å². The Hall–Kier alpha value is -3.14. The van der Waals surface area contributed by atoms with Crippen molar-refractivity contribution in [3.05, 3.63) is 54.0 Å². The molecule has 6 nitrogen and oxygen atoms in total. The van der Waals surface area contributed by atoms with Crippen molar-refractivity contribution in [3.63, 3.8) is 0 Å². The topological polar surface area (TPSA) is 78.2 Å². The van der Waals surface area contributed by atoms with E-state index in [1.807, 2.05) is 12.3 Å². The molecule has 2 atom stereocenters. The third kappa shape index (κ3) is 2.00. The molecule has 2 aromatic rings. The maximum Gasteiger partial charge on any atom is 0.282 e. The average molecular weight is 324 g/mol. The molecule has 1 fully saturated rings. The number of amides is 1. The van der Waals surface area contributed by atoms with Gasteiger partial charge in [0.25, 0.3) is 5.91 Å². The molecule has 1 saturated heterocycles. The standard InChI is InChI=1S/C17H13FN4O2/c18-12-5-3-11(4-6-12)13-8-22(10-19)16(23)17(13)9-21-14-2-1-7-20-15(14)24-17/h1-7,13,21H,8-9H2/t13?,17-/m1/s1. The molecule has 0 saturated carbocycles. The van der Waals surface area contributed by atoms with Crippen molar-refractivity contribution in [2.45, 2.75) is 11.5 Å². The monoisotopic (exact) mass is 324 g/mol. The number of hydrogen-bond acceptors (Lipinski definition) is 5. The minimum atomic E-state index is -1.27. The fourth-order valence-electron chi connectivity index (χ4n) is 3.30. The molecule has 1 amide bonds. The van der Waals surface area contributed by atoms with Crippen molar-refractivity contribution in [2.24, 2.45) is 0 Å². The van der Waals surface area contributed by atoms with E-state index in [1.54, 1.807) is 24.4 Å². The molecular weight excluding hydrogens is 311 g/mol. The Bertz CT molecular complexity index is 848. The van der Waals surface area contributed by atoms with Crippen molar-refractivity contribution in [3.8, 4) is 12.1 Å². The fourth-order valence-corrected chi connectivity index (χ4v) is 3.30. The Morgan fingerprint density at radius 2 is 2.17 bits per heavy atom. The summed E-state index contributed by atoms with van der Waals surface area (Å²) >= 11 is 0. The van der Waals surface area contributed by atoms with Crippen LogP contribution in [0.15, 0.2) is 42.6 Å². The molecule has 2 aliphatic rings. The molecule has 1 aromatic carbocycles. The van der Waals surface area contributed by atoms with Gasteiger partial charge in [-0.05, 0) is 29.8 Å². The first-order chi connectivity index (χ1) is 11.6. The lowest BCUT2D eigenvalue weighted by Crippen LogP contribution is -2.54. The zero-order valence-corrected chi connectivity index (χ0v) is 12.6. The van der Waals surface area contributed by atoms with Crippen LogP contribution in [-0.4, -0.2) is 34.5 Å². The zero-order valence-electron chi connectivity index (χ0n) is 12.6. The quantitative estimate of drug-likeness (QED) is 0.810. The van der Waals surface area contributed by atoms with Gasteiger partial charge in [-0.2, -0.15) is 5.26 Å². The van der Waals surface area contributed by atoms with Crippen LogP contribution in [0.3, 0.4) is 0 Å². The van der Waals surface area contributed by atoms with Crippen LogP contribution in [0, 0.1) is 17.3 Å². The molecule has 3 heterocycles. The van der Waals surface area contributed by atoms with Crippen molar-refractivity contribution in [1.29, 1.82) is 5.26 Å². The Morgan fingerprint density at radius 1 is 1.38 bits per heavy atom. The highest BCUT2D eigenvalue weighted by Gasteiger charge is 2.59. The lowest BCUT2D eigenvalue weighted by Gasteiger charge is -2.37. The molecule has 0 radical (unpaired) electrons. The van der Waals surface area contributed by atoms with E-state index < -0.39 is 17.4 Å².